The Labute approximate surface area is 154 Å². The zero-order valence-corrected chi connectivity index (χ0v) is 14.9. The van der Waals surface area contributed by atoms with Gasteiger partial charge in [0, 0.05) is 18.3 Å². The van der Waals surface area contributed by atoms with Crippen molar-refractivity contribution >= 4 is 23.7 Å². The number of carboxylic acids is 1. The number of aromatic amines is 1. The summed E-state index contributed by atoms with van der Waals surface area (Å²) in [4.78, 5) is 53.2. The van der Waals surface area contributed by atoms with Crippen LogP contribution in [-0.4, -0.2) is 74.6 Å². The molecule has 0 spiro atoms. The van der Waals surface area contributed by atoms with Crippen LogP contribution < -0.4 is 21.7 Å². The minimum atomic E-state index is -1.35. The van der Waals surface area contributed by atoms with Crippen molar-refractivity contribution in [3.63, 3.8) is 0 Å². The van der Waals surface area contributed by atoms with Gasteiger partial charge >= 0.3 is 5.97 Å². The lowest BCUT2D eigenvalue weighted by Crippen LogP contribution is -2.58. The van der Waals surface area contributed by atoms with Crippen LogP contribution in [0.5, 0.6) is 0 Å². The monoisotopic (exact) mass is 384 g/mol. The van der Waals surface area contributed by atoms with Gasteiger partial charge in [0.2, 0.25) is 17.7 Å². The highest BCUT2D eigenvalue weighted by Gasteiger charge is 2.29. The molecule has 0 radical (unpaired) electrons. The van der Waals surface area contributed by atoms with Gasteiger partial charge in [0.25, 0.3) is 0 Å². The number of aliphatic carboxylic acids is 1. The number of nitrogens with two attached hydrogens (primary N) is 1. The van der Waals surface area contributed by atoms with Crippen molar-refractivity contribution in [2.75, 3.05) is 6.54 Å². The second-order valence-corrected chi connectivity index (χ2v) is 5.96. The van der Waals surface area contributed by atoms with Gasteiger partial charge in [0.1, 0.15) is 18.6 Å². The molecule has 27 heavy (non-hydrogen) atoms. The van der Waals surface area contributed by atoms with E-state index in [2.05, 4.69) is 25.9 Å². The number of aromatic nitrogens is 2. The lowest BCUT2D eigenvalue weighted by Gasteiger charge is -2.24. The Morgan fingerprint density at radius 3 is 2.37 bits per heavy atom. The number of imidazole rings is 1. The standard InChI is InChI=1S/C15H24N6O6/c1-7(13(25)18-5-11(23)24)20-15(27)12(8(2)22)21-14(26)10(16)3-9-4-17-6-19-9/h4,6-8,10,12,22H,3,5,16H2,1-2H3,(H,17,19)(H,18,25)(H,20,27)(H,21,26)(H,23,24). The van der Waals surface area contributed by atoms with E-state index in [0.29, 0.717) is 5.69 Å². The third-order valence-electron chi connectivity index (χ3n) is 3.56. The van der Waals surface area contributed by atoms with Gasteiger partial charge in [0.05, 0.1) is 18.5 Å². The molecule has 1 aromatic rings. The Kier molecular flexibility index (Phi) is 8.35. The van der Waals surface area contributed by atoms with Crippen molar-refractivity contribution in [1.29, 1.82) is 0 Å². The Bertz CT molecular complexity index is 662. The van der Waals surface area contributed by atoms with Crippen LogP contribution in [0.1, 0.15) is 19.5 Å². The highest BCUT2D eigenvalue weighted by Crippen LogP contribution is 2.00. The average Bonchev–Trinajstić information content (AvgIpc) is 3.09. The first kappa shape index (κ1) is 22.1. The molecule has 12 heteroatoms. The van der Waals surface area contributed by atoms with E-state index >= 15 is 0 Å². The summed E-state index contributed by atoms with van der Waals surface area (Å²) < 4.78 is 0. The van der Waals surface area contributed by atoms with Crippen molar-refractivity contribution in [3.8, 4) is 0 Å². The topological polar surface area (TPSA) is 200 Å². The van der Waals surface area contributed by atoms with Gasteiger partial charge in [-0.1, -0.05) is 0 Å². The Morgan fingerprint density at radius 1 is 1.19 bits per heavy atom. The van der Waals surface area contributed by atoms with Crippen LogP contribution in [0.3, 0.4) is 0 Å². The number of amides is 3. The smallest absolute Gasteiger partial charge is 0.322 e. The summed E-state index contributed by atoms with van der Waals surface area (Å²) in [6.45, 7) is 2.03. The predicted molar refractivity (Wildman–Crippen MR) is 92.1 cm³/mol. The van der Waals surface area contributed by atoms with Crippen LogP contribution in [0.2, 0.25) is 0 Å². The molecule has 0 fully saturated rings. The summed E-state index contributed by atoms with van der Waals surface area (Å²) in [5.41, 5.74) is 6.41. The molecule has 0 aliphatic carbocycles. The SMILES string of the molecule is CC(NC(=O)C(NC(=O)C(N)Cc1cnc[nH]1)C(C)O)C(=O)NCC(=O)O. The maximum atomic E-state index is 12.3. The van der Waals surface area contributed by atoms with E-state index in [1.807, 2.05) is 0 Å². The number of hydrogen-bond acceptors (Lipinski definition) is 7. The van der Waals surface area contributed by atoms with Gasteiger partial charge in [0.15, 0.2) is 0 Å². The molecule has 4 atom stereocenters. The van der Waals surface area contributed by atoms with E-state index in [9.17, 15) is 24.3 Å². The van der Waals surface area contributed by atoms with Crippen LogP contribution in [-0.2, 0) is 25.6 Å². The van der Waals surface area contributed by atoms with Gasteiger partial charge < -0.3 is 36.9 Å². The van der Waals surface area contributed by atoms with Crippen molar-refractivity contribution < 1.29 is 29.4 Å². The fraction of sp³-hybridized carbons (Fsp3) is 0.533. The van der Waals surface area contributed by atoms with Crippen molar-refractivity contribution in [1.82, 2.24) is 25.9 Å². The van der Waals surface area contributed by atoms with Crippen molar-refractivity contribution in [2.45, 2.75) is 44.5 Å². The zero-order chi connectivity index (χ0) is 20.6. The van der Waals surface area contributed by atoms with Gasteiger partial charge in [-0.15, -0.1) is 0 Å². The van der Waals surface area contributed by atoms with E-state index < -0.39 is 54.5 Å². The maximum absolute atomic E-state index is 12.3. The molecule has 0 bridgehead atoms. The summed E-state index contributed by atoms with van der Waals surface area (Å²) in [5, 5.41) is 25.1. The number of nitrogens with one attached hydrogen (secondary N) is 4. The second kappa shape index (κ2) is 10.2. The molecular weight excluding hydrogens is 360 g/mol. The summed E-state index contributed by atoms with van der Waals surface area (Å²) in [6, 6.07) is -3.41. The Hall–Kier alpha value is -2.99. The second-order valence-electron chi connectivity index (χ2n) is 5.96. The number of hydrogen-bond donors (Lipinski definition) is 7. The third kappa shape index (κ3) is 7.42. The van der Waals surface area contributed by atoms with E-state index in [1.54, 1.807) is 0 Å². The van der Waals surface area contributed by atoms with E-state index in [1.165, 1.54) is 26.4 Å². The van der Waals surface area contributed by atoms with E-state index in [-0.39, 0.29) is 6.42 Å². The quantitative estimate of drug-likeness (QED) is 0.219. The summed E-state index contributed by atoms with van der Waals surface area (Å²) in [7, 11) is 0. The Morgan fingerprint density at radius 2 is 1.85 bits per heavy atom. The molecule has 0 aliphatic rings. The van der Waals surface area contributed by atoms with E-state index in [0.717, 1.165) is 0 Å². The van der Waals surface area contributed by atoms with Gasteiger partial charge in [-0.3, -0.25) is 19.2 Å². The number of carbonyl (C=O) groups excluding carboxylic acids is 3. The van der Waals surface area contributed by atoms with Crippen LogP contribution in [0, 0.1) is 0 Å². The minimum Gasteiger partial charge on any atom is -0.480 e. The molecule has 1 heterocycles. The highest BCUT2D eigenvalue weighted by molar-refractivity contribution is 5.93. The van der Waals surface area contributed by atoms with Crippen LogP contribution in [0.25, 0.3) is 0 Å². The van der Waals surface area contributed by atoms with Crippen LogP contribution in [0.4, 0.5) is 0 Å². The van der Waals surface area contributed by atoms with Crippen LogP contribution >= 0.6 is 0 Å². The number of aliphatic hydroxyl groups excluding tert-OH is 1. The lowest BCUT2D eigenvalue weighted by molar-refractivity contribution is -0.138. The number of carboxylic acid groups (broad SMARTS) is 1. The molecule has 4 unspecified atom stereocenters. The first-order valence-electron chi connectivity index (χ1n) is 8.13. The molecule has 8 N–H and O–H groups in total. The molecule has 1 aromatic heterocycles. The normalized spacial score (nSPS) is 15.1. The largest absolute Gasteiger partial charge is 0.480 e. The van der Waals surface area contributed by atoms with Gasteiger partial charge in [-0.25, -0.2) is 4.98 Å². The summed E-state index contributed by atoms with van der Waals surface area (Å²) >= 11 is 0. The van der Waals surface area contributed by atoms with Gasteiger partial charge in [-0.2, -0.15) is 0 Å². The Balaban J connectivity index is 2.62. The molecule has 0 saturated heterocycles. The molecular formula is C15H24N6O6. The number of rotatable bonds is 10. The number of carbonyl (C=O) groups is 4. The third-order valence-corrected chi connectivity index (χ3v) is 3.56. The molecule has 0 saturated carbocycles. The zero-order valence-electron chi connectivity index (χ0n) is 14.9. The molecule has 150 valence electrons. The molecule has 0 aliphatic heterocycles. The summed E-state index contributed by atoms with van der Waals surface area (Å²) in [5.74, 6) is -3.45. The predicted octanol–water partition coefficient (Wildman–Crippen LogP) is -3.15. The molecule has 0 aromatic carbocycles. The number of H-pyrrole nitrogens is 1. The fourth-order valence-electron chi connectivity index (χ4n) is 2.08. The van der Waals surface area contributed by atoms with Crippen molar-refractivity contribution in [2.24, 2.45) is 5.73 Å². The highest BCUT2D eigenvalue weighted by atomic mass is 16.4. The molecule has 1 rings (SSSR count). The first-order chi connectivity index (χ1) is 12.6. The number of nitrogens with zero attached hydrogens (tertiary/aromatic N) is 1. The molecule has 12 nitrogen and oxygen atoms in total. The average molecular weight is 384 g/mol. The van der Waals surface area contributed by atoms with E-state index in [4.69, 9.17) is 10.8 Å². The minimum absolute atomic E-state index is 0.147. The van der Waals surface area contributed by atoms with Gasteiger partial charge in [-0.05, 0) is 13.8 Å². The molecule has 3 amide bonds. The maximum Gasteiger partial charge on any atom is 0.322 e. The van der Waals surface area contributed by atoms with Crippen molar-refractivity contribution in [3.05, 3.63) is 18.2 Å². The van der Waals surface area contributed by atoms with Crippen LogP contribution in [0.15, 0.2) is 12.5 Å². The lowest BCUT2D eigenvalue weighted by atomic mass is 10.1. The summed E-state index contributed by atoms with van der Waals surface area (Å²) in [6.07, 6.45) is 1.82. The fourth-order valence-corrected chi connectivity index (χ4v) is 2.08. The first-order valence-corrected chi connectivity index (χ1v) is 8.13. The number of aliphatic hydroxyl groups is 1.